The van der Waals surface area contributed by atoms with Crippen molar-refractivity contribution < 1.29 is 17.9 Å². The first-order chi connectivity index (χ1) is 11.4. The summed E-state index contributed by atoms with van der Waals surface area (Å²) in [5, 5.41) is 0. The molecule has 3 rings (SSSR count). The predicted molar refractivity (Wildman–Crippen MR) is 83.9 cm³/mol. The minimum Gasteiger partial charge on any atom is -0.376 e. The first kappa shape index (κ1) is 17.7. The van der Waals surface area contributed by atoms with E-state index < -0.39 is 11.9 Å². The van der Waals surface area contributed by atoms with Crippen LogP contribution in [0.3, 0.4) is 0 Å². The molecule has 24 heavy (non-hydrogen) atoms. The highest BCUT2D eigenvalue weighted by atomic mass is 19.4. The predicted octanol–water partition coefficient (Wildman–Crippen LogP) is 2.33. The van der Waals surface area contributed by atoms with E-state index in [2.05, 4.69) is 26.7 Å². The lowest BCUT2D eigenvalue weighted by molar-refractivity contribution is -0.141. The SMILES string of the molecule is CC1CN(CCN2CCCC(c3ncc(C(F)(F)F)[nH]3)C2)CCO1. The number of rotatable bonds is 4. The highest BCUT2D eigenvalue weighted by Gasteiger charge is 2.34. The van der Waals surface area contributed by atoms with Gasteiger partial charge in [0.15, 0.2) is 0 Å². The van der Waals surface area contributed by atoms with Crippen molar-refractivity contribution in [2.24, 2.45) is 0 Å². The number of alkyl halides is 3. The zero-order valence-electron chi connectivity index (χ0n) is 14.0. The summed E-state index contributed by atoms with van der Waals surface area (Å²) in [6.45, 7) is 8.45. The summed E-state index contributed by atoms with van der Waals surface area (Å²) in [6, 6.07) is 0. The largest absolute Gasteiger partial charge is 0.432 e. The number of hydrogen-bond donors (Lipinski definition) is 1. The van der Waals surface area contributed by atoms with E-state index in [1.54, 1.807) is 0 Å². The Kier molecular flexibility index (Phi) is 5.46. The molecule has 3 heterocycles. The molecule has 1 aromatic heterocycles. The van der Waals surface area contributed by atoms with Crippen LogP contribution in [0, 0.1) is 0 Å². The standard InChI is InChI=1S/C16H25F3N4O/c1-12-10-23(7-8-24-12)6-5-22-4-2-3-13(11-22)15-20-9-14(21-15)16(17,18)19/h9,12-13H,2-8,10-11H2,1H3,(H,20,21). The summed E-state index contributed by atoms with van der Waals surface area (Å²) in [7, 11) is 0. The smallest absolute Gasteiger partial charge is 0.376 e. The van der Waals surface area contributed by atoms with E-state index in [1.807, 2.05) is 0 Å². The molecule has 5 nitrogen and oxygen atoms in total. The highest BCUT2D eigenvalue weighted by molar-refractivity contribution is 5.09. The molecule has 2 unspecified atom stereocenters. The van der Waals surface area contributed by atoms with E-state index >= 15 is 0 Å². The first-order valence-electron chi connectivity index (χ1n) is 8.60. The molecule has 0 radical (unpaired) electrons. The van der Waals surface area contributed by atoms with Gasteiger partial charge in [-0.25, -0.2) is 4.98 Å². The van der Waals surface area contributed by atoms with Crippen LogP contribution in [-0.2, 0) is 10.9 Å². The summed E-state index contributed by atoms with van der Waals surface area (Å²) in [6.07, 6.45) is -1.30. The maximum Gasteiger partial charge on any atom is 0.432 e. The number of aromatic nitrogens is 2. The van der Waals surface area contributed by atoms with Crippen LogP contribution in [-0.4, -0.2) is 71.7 Å². The molecule has 0 bridgehead atoms. The molecule has 8 heteroatoms. The number of nitrogens with zero attached hydrogens (tertiary/aromatic N) is 3. The van der Waals surface area contributed by atoms with Crippen molar-refractivity contribution in [1.82, 2.24) is 19.8 Å². The van der Waals surface area contributed by atoms with Gasteiger partial charge in [0.05, 0.1) is 18.9 Å². The van der Waals surface area contributed by atoms with Gasteiger partial charge in [-0.2, -0.15) is 13.2 Å². The lowest BCUT2D eigenvalue weighted by Gasteiger charge is -2.35. The molecule has 0 spiro atoms. The Morgan fingerprint density at radius 2 is 2.00 bits per heavy atom. The number of piperidine rings is 1. The Morgan fingerprint density at radius 1 is 1.25 bits per heavy atom. The van der Waals surface area contributed by atoms with Gasteiger partial charge in [0.1, 0.15) is 11.5 Å². The quantitative estimate of drug-likeness (QED) is 0.909. The van der Waals surface area contributed by atoms with Gasteiger partial charge in [0.2, 0.25) is 0 Å². The number of imidazole rings is 1. The third kappa shape index (κ3) is 4.49. The van der Waals surface area contributed by atoms with Crippen LogP contribution in [0.4, 0.5) is 13.2 Å². The van der Waals surface area contributed by atoms with E-state index in [4.69, 9.17) is 4.74 Å². The van der Waals surface area contributed by atoms with E-state index in [-0.39, 0.29) is 12.0 Å². The third-order valence-corrected chi connectivity index (χ3v) is 4.85. The van der Waals surface area contributed by atoms with E-state index in [0.717, 1.165) is 64.9 Å². The minimum absolute atomic E-state index is 0.0541. The number of ether oxygens (including phenoxy) is 1. The number of aromatic amines is 1. The van der Waals surface area contributed by atoms with Gasteiger partial charge in [-0.05, 0) is 26.3 Å². The van der Waals surface area contributed by atoms with Gasteiger partial charge < -0.3 is 14.6 Å². The normalized spacial score (nSPS) is 27.5. The second kappa shape index (κ2) is 7.41. The van der Waals surface area contributed by atoms with E-state index in [1.165, 1.54) is 0 Å². The lowest BCUT2D eigenvalue weighted by atomic mass is 9.97. The molecule has 0 saturated carbocycles. The molecule has 1 N–H and O–H groups in total. The van der Waals surface area contributed by atoms with Crippen LogP contribution < -0.4 is 0 Å². The molecule has 2 aliphatic rings. The first-order valence-corrected chi connectivity index (χ1v) is 8.60. The van der Waals surface area contributed by atoms with Crippen LogP contribution in [0.25, 0.3) is 0 Å². The highest BCUT2D eigenvalue weighted by Crippen LogP contribution is 2.30. The fraction of sp³-hybridized carbons (Fsp3) is 0.812. The molecule has 1 aromatic rings. The average Bonchev–Trinajstić information content (AvgIpc) is 3.04. The topological polar surface area (TPSA) is 44.4 Å². The number of nitrogens with one attached hydrogen (secondary N) is 1. The van der Waals surface area contributed by atoms with Crippen LogP contribution in [0.2, 0.25) is 0 Å². The molecule has 0 amide bonds. The minimum atomic E-state index is -4.35. The summed E-state index contributed by atoms with van der Waals surface area (Å²) >= 11 is 0. The molecule has 2 atom stereocenters. The molecule has 0 aromatic carbocycles. The van der Waals surface area contributed by atoms with Gasteiger partial charge >= 0.3 is 6.18 Å². The summed E-state index contributed by atoms with van der Waals surface area (Å²) in [5.41, 5.74) is -0.753. The van der Waals surface area contributed by atoms with Gasteiger partial charge in [-0.1, -0.05) is 0 Å². The van der Waals surface area contributed by atoms with Crippen molar-refractivity contribution in [2.75, 3.05) is 45.9 Å². The van der Waals surface area contributed by atoms with Gasteiger partial charge in [-0.15, -0.1) is 0 Å². The molecule has 0 aliphatic carbocycles. The van der Waals surface area contributed by atoms with Crippen molar-refractivity contribution in [2.45, 2.75) is 38.0 Å². The molecular formula is C16H25F3N4O. The summed E-state index contributed by atoms with van der Waals surface area (Å²) < 4.78 is 43.7. The fourth-order valence-corrected chi connectivity index (χ4v) is 3.55. The van der Waals surface area contributed by atoms with Crippen LogP contribution in [0.1, 0.15) is 37.2 Å². The summed E-state index contributed by atoms with van der Waals surface area (Å²) in [4.78, 5) is 11.2. The van der Waals surface area contributed by atoms with Crippen molar-refractivity contribution in [1.29, 1.82) is 0 Å². The lowest BCUT2D eigenvalue weighted by Crippen LogP contribution is -2.46. The summed E-state index contributed by atoms with van der Waals surface area (Å²) in [5.74, 6) is 0.519. The molecule has 2 aliphatic heterocycles. The molecular weight excluding hydrogens is 321 g/mol. The number of H-pyrrole nitrogens is 1. The Morgan fingerprint density at radius 3 is 2.67 bits per heavy atom. The average molecular weight is 346 g/mol. The number of hydrogen-bond acceptors (Lipinski definition) is 4. The second-order valence-corrected chi connectivity index (χ2v) is 6.80. The maximum absolute atomic E-state index is 12.7. The van der Waals surface area contributed by atoms with Gasteiger partial charge in [-0.3, -0.25) is 4.90 Å². The molecule has 2 fully saturated rings. The Bertz CT molecular complexity index is 534. The maximum atomic E-state index is 12.7. The van der Waals surface area contributed by atoms with E-state index in [0.29, 0.717) is 5.82 Å². The van der Waals surface area contributed by atoms with Crippen molar-refractivity contribution >= 4 is 0 Å². The third-order valence-electron chi connectivity index (χ3n) is 4.85. The Labute approximate surface area is 140 Å². The van der Waals surface area contributed by atoms with Crippen LogP contribution in [0.15, 0.2) is 6.20 Å². The number of morpholine rings is 1. The van der Waals surface area contributed by atoms with Gasteiger partial charge in [0.25, 0.3) is 0 Å². The zero-order valence-corrected chi connectivity index (χ0v) is 14.0. The molecule has 136 valence electrons. The van der Waals surface area contributed by atoms with Crippen molar-refractivity contribution in [3.05, 3.63) is 17.7 Å². The second-order valence-electron chi connectivity index (χ2n) is 6.80. The number of halogens is 3. The van der Waals surface area contributed by atoms with Crippen molar-refractivity contribution in [3.8, 4) is 0 Å². The van der Waals surface area contributed by atoms with Gasteiger partial charge in [0, 0.05) is 38.6 Å². The molecule has 2 saturated heterocycles. The Hall–Kier alpha value is -1.12. The fourth-order valence-electron chi connectivity index (χ4n) is 3.55. The van der Waals surface area contributed by atoms with Crippen molar-refractivity contribution in [3.63, 3.8) is 0 Å². The van der Waals surface area contributed by atoms with Crippen LogP contribution >= 0.6 is 0 Å². The van der Waals surface area contributed by atoms with Crippen LogP contribution in [0.5, 0.6) is 0 Å². The van der Waals surface area contributed by atoms with E-state index in [9.17, 15) is 13.2 Å². The Balaban J connectivity index is 1.51. The number of likely N-dealkylation sites (tertiary alicyclic amines) is 1. The monoisotopic (exact) mass is 346 g/mol. The zero-order chi connectivity index (χ0) is 17.2.